The summed E-state index contributed by atoms with van der Waals surface area (Å²) in [5, 5.41) is 2.94. The van der Waals surface area contributed by atoms with E-state index in [1.165, 1.54) is 26.4 Å². The number of rotatable bonds is 6. The highest BCUT2D eigenvalue weighted by Crippen LogP contribution is 2.45. The standard InChI is InChI=1S/C25H24FN3O4/c1-29-23(16-5-4-10-27-14-16)22(24(30)28-13-15-6-8-17(26)9-7-15)18-11-20(32-2)21(33-3)12-19(18)25(29)31/h4-12,14,22-23H,13H2,1-3H3,(H,28,30)/t22-,23+/m1/s1. The van der Waals surface area contributed by atoms with Gasteiger partial charge in [0.25, 0.3) is 5.91 Å². The van der Waals surface area contributed by atoms with E-state index < -0.39 is 12.0 Å². The van der Waals surface area contributed by atoms with E-state index in [0.717, 1.165) is 11.1 Å². The van der Waals surface area contributed by atoms with E-state index >= 15 is 0 Å². The number of fused-ring (bicyclic) bond motifs is 1. The molecular weight excluding hydrogens is 425 g/mol. The van der Waals surface area contributed by atoms with E-state index in [1.807, 2.05) is 6.07 Å². The lowest BCUT2D eigenvalue weighted by molar-refractivity contribution is -0.124. The number of methoxy groups -OCH3 is 2. The van der Waals surface area contributed by atoms with Crippen molar-refractivity contribution in [2.45, 2.75) is 18.5 Å². The molecule has 1 aliphatic heterocycles. The van der Waals surface area contributed by atoms with Crippen LogP contribution in [0.5, 0.6) is 11.5 Å². The van der Waals surface area contributed by atoms with Crippen molar-refractivity contribution in [2.24, 2.45) is 0 Å². The van der Waals surface area contributed by atoms with Crippen LogP contribution in [-0.4, -0.2) is 43.0 Å². The van der Waals surface area contributed by atoms with Gasteiger partial charge in [0.05, 0.1) is 26.2 Å². The molecule has 0 unspecified atom stereocenters. The monoisotopic (exact) mass is 449 g/mol. The van der Waals surface area contributed by atoms with E-state index in [-0.39, 0.29) is 24.2 Å². The SMILES string of the molecule is COc1cc2c(cc1OC)[C@@H](C(=O)NCc1ccc(F)cc1)[C@H](c1cccnc1)N(C)C2=O. The van der Waals surface area contributed by atoms with Crippen LogP contribution < -0.4 is 14.8 Å². The Labute approximate surface area is 191 Å². The normalized spacial score (nSPS) is 17.3. The molecule has 170 valence electrons. The number of aromatic nitrogens is 1. The summed E-state index contributed by atoms with van der Waals surface area (Å²) in [6.07, 6.45) is 3.29. The zero-order valence-electron chi connectivity index (χ0n) is 18.5. The zero-order chi connectivity index (χ0) is 23.5. The van der Waals surface area contributed by atoms with Crippen LogP contribution in [0.3, 0.4) is 0 Å². The van der Waals surface area contributed by atoms with Gasteiger partial charge in [-0.1, -0.05) is 18.2 Å². The molecule has 2 aromatic carbocycles. The van der Waals surface area contributed by atoms with Gasteiger partial charge in [0, 0.05) is 31.5 Å². The van der Waals surface area contributed by atoms with Crippen molar-refractivity contribution in [1.29, 1.82) is 0 Å². The van der Waals surface area contributed by atoms with Gasteiger partial charge in [0.15, 0.2) is 11.5 Å². The fraction of sp³-hybridized carbons (Fsp3) is 0.240. The molecule has 0 spiro atoms. The molecule has 1 N–H and O–H groups in total. The number of carbonyl (C=O) groups excluding carboxylic acids is 2. The Kier molecular flexibility index (Phi) is 6.26. The lowest BCUT2D eigenvalue weighted by Crippen LogP contribution is -2.45. The summed E-state index contributed by atoms with van der Waals surface area (Å²) < 4.78 is 24.1. The molecule has 7 nitrogen and oxygen atoms in total. The third kappa shape index (κ3) is 4.24. The highest BCUT2D eigenvalue weighted by molar-refractivity contribution is 6.02. The first-order valence-corrected chi connectivity index (χ1v) is 10.4. The van der Waals surface area contributed by atoms with Crippen LogP contribution in [0.1, 0.15) is 39.0 Å². The summed E-state index contributed by atoms with van der Waals surface area (Å²) in [4.78, 5) is 32.6. The van der Waals surface area contributed by atoms with Crippen molar-refractivity contribution in [3.63, 3.8) is 0 Å². The second-order valence-corrected chi connectivity index (χ2v) is 7.76. The summed E-state index contributed by atoms with van der Waals surface area (Å²) >= 11 is 0. The average molecular weight is 449 g/mol. The van der Waals surface area contributed by atoms with Crippen LogP contribution >= 0.6 is 0 Å². The molecule has 0 aliphatic carbocycles. The largest absolute Gasteiger partial charge is 0.493 e. The second-order valence-electron chi connectivity index (χ2n) is 7.76. The maximum absolute atomic E-state index is 13.6. The number of hydrogen-bond donors (Lipinski definition) is 1. The van der Waals surface area contributed by atoms with Gasteiger partial charge >= 0.3 is 0 Å². The first kappa shape index (κ1) is 22.3. The van der Waals surface area contributed by atoms with E-state index in [2.05, 4.69) is 10.3 Å². The number of ether oxygens (including phenoxy) is 2. The molecule has 0 saturated carbocycles. The molecule has 1 aromatic heterocycles. The molecule has 4 rings (SSSR count). The summed E-state index contributed by atoms with van der Waals surface area (Å²) in [5.74, 6) is -0.752. The molecular formula is C25H24FN3O4. The Morgan fingerprint density at radius 3 is 2.45 bits per heavy atom. The highest BCUT2D eigenvalue weighted by Gasteiger charge is 2.43. The van der Waals surface area contributed by atoms with Crippen molar-refractivity contribution in [3.05, 3.63) is 89.0 Å². The smallest absolute Gasteiger partial charge is 0.254 e. The Morgan fingerprint density at radius 2 is 1.82 bits per heavy atom. The van der Waals surface area contributed by atoms with Crippen LogP contribution in [0.4, 0.5) is 4.39 Å². The zero-order valence-corrected chi connectivity index (χ0v) is 18.5. The van der Waals surface area contributed by atoms with Gasteiger partial charge in [-0.2, -0.15) is 0 Å². The summed E-state index contributed by atoms with van der Waals surface area (Å²) in [6, 6.07) is 12.2. The number of benzene rings is 2. The van der Waals surface area contributed by atoms with Gasteiger partial charge in [-0.05, 0) is 47.0 Å². The fourth-order valence-corrected chi connectivity index (χ4v) is 4.20. The molecule has 1 aliphatic rings. The molecule has 2 amide bonds. The van der Waals surface area contributed by atoms with Crippen LogP contribution in [0.15, 0.2) is 60.9 Å². The molecule has 2 heterocycles. The Bertz CT molecular complexity index is 1170. The third-order valence-electron chi connectivity index (χ3n) is 5.86. The average Bonchev–Trinajstić information content (AvgIpc) is 2.85. The van der Waals surface area contributed by atoms with Gasteiger partial charge < -0.3 is 19.7 Å². The lowest BCUT2D eigenvalue weighted by atomic mass is 9.79. The molecule has 3 aromatic rings. The van der Waals surface area contributed by atoms with Crippen LogP contribution in [0, 0.1) is 5.82 Å². The van der Waals surface area contributed by atoms with Gasteiger partial charge in [-0.15, -0.1) is 0 Å². The van der Waals surface area contributed by atoms with E-state index in [9.17, 15) is 14.0 Å². The first-order valence-electron chi connectivity index (χ1n) is 10.4. The highest BCUT2D eigenvalue weighted by atomic mass is 19.1. The Morgan fingerprint density at radius 1 is 1.12 bits per heavy atom. The Hall–Kier alpha value is -3.94. The molecule has 33 heavy (non-hydrogen) atoms. The molecule has 0 saturated heterocycles. The first-order chi connectivity index (χ1) is 15.9. The molecule has 0 radical (unpaired) electrons. The Balaban J connectivity index is 1.78. The van der Waals surface area contributed by atoms with E-state index in [0.29, 0.717) is 22.6 Å². The number of pyridine rings is 1. The van der Waals surface area contributed by atoms with Gasteiger partial charge in [-0.25, -0.2) is 4.39 Å². The minimum absolute atomic E-state index is 0.218. The quantitative estimate of drug-likeness (QED) is 0.623. The second kappa shape index (κ2) is 9.28. The number of likely N-dealkylation sites (N-methyl/N-ethyl adjacent to an activating group) is 1. The number of halogens is 1. The molecule has 0 fully saturated rings. The fourth-order valence-electron chi connectivity index (χ4n) is 4.20. The van der Waals surface area contributed by atoms with Crippen molar-refractivity contribution in [3.8, 4) is 11.5 Å². The number of nitrogens with zero attached hydrogens (tertiary/aromatic N) is 2. The number of amides is 2. The summed E-state index contributed by atoms with van der Waals surface area (Å²) in [6.45, 7) is 0.218. The number of hydrogen-bond acceptors (Lipinski definition) is 5. The van der Waals surface area contributed by atoms with Crippen molar-refractivity contribution >= 4 is 11.8 Å². The predicted octanol–water partition coefficient (Wildman–Crippen LogP) is 3.46. The predicted molar refractivity (Wildman–Crippen MR) is 120 cm³/mol. The van der Waals surface area contributed by atoms with Gasteiger partial charge in [-0.3, -0.25) is 14.6 Å². The van der Waals surface area contributed by atoms with E-state index in [4.69, 9.17) is 9.47 Å². The third-order valence-corrected chi connectivity index (χ3v) is 5.86. The number of carbonyl (C=O) groups is 2. The van der Waals surface area contributed by atoms with Gasteiger partial charge in [0.1, 0.15) is 5.82 Å². The maximum Gasteiger partial charge on any atom is 0.254 e. The van der Waals surface area contributed by atoms with E-state index in [1.54, 1.807) is 54.7 Å². The van der Waals surface area contributed by atoms with Crippen LogP contribution in [0.25, 0.3) is 0 Å². The lowest BCUT2D eigenvalue weighted by Gasteiger charge is -2.40. The van der Waals surface area contributed by atoms with Gasteiger partial charge in [0.2, 0.25) is 5.91 Å². The van der Waals surface area contributed by atoms with Crippen molar-refractivity contribution < 1.29 is 23.5 Å². The molecule has 0 bridgehead atoms. The number of nitrogens with one attached hydrogen (secondary N) is 1. The summed E-state index contributed by atoms with van der Waals surface area (Å²) in [7, 11) is 4.66. The molecule has 8 heteroatoms. The van der Waals surface area contributed by atoms with Crippen molar-refractivity contribution in [2.75, 3.05) is 21.3 Å². The minimum Gasteiger partial charge on any atom is -0.493 e. The summed E-state index contributed by atoms with van der Waals surface area (Å²) in [5.41, 5.74) is 2.41. The topological polar surface area (TPSA) is 80.8 Å². The van der Waals surface area contributed by atoms with Crippen LogP contribution in [0.2, 0.25) is 0 Å². The van der Waals surface area contributed by atoms with Crippen LogP contribution in [-0.2, 0) is 11.3 Å². The van der Waals surface area contributed by atoms with Crippen molar-refractivity contribution in [1.82, 2.24) is 15.2 Å². The minimum atomic E-state index is -0.729. The maximum atomic E-state index is 13.6. The molecule has 2 atom stereocenters.